The molecule has 0 saturated heterocycles. The van der Waals surface area contributed by atoms with Crippen molar-refractivity contribution in [2.75, 3.05) is 14.2 Å². The van der Waals surface area contributed by atoms with Gasteiger partial charge in [-0.05, 0) is 31.9 Å². The molecule has 9 heteroatoms. The van der Waals surface area contributed by atoms with E-state index in [0.717, 1.165) is 25.7 Å². The highest BCUT2D eigenvalue weighted by Gasteiger charge is 2.27. The molecular formula is C19H24N2O7. The number of carbonyl (C=O) groups is 4. The van der Waals surface area contributed by atoms with Gasteiger partial charge in [0.15, 0.2) is 23.9 Å². The molecule has 0 radical (unpaired) electrons. The molecule has 1 aliphatic carbocycles. The lowest BCUT2D eigenvalue weighted by atomic mass is 10.1. The molecule has 0 bridgehead atoms. The van der Waals surface area contributed by atoms with Crippen molar-refractivity contribution in [1.29, 1.82) is 0 Å². The Morgan fingerprint density at radius 3 is 2.39 bits per heavy atom. The SMILES string of the molecule is COc1ccc(C=O)c(C(=O)O[C@H](C)C(=O)NC(=O)NC2CCCC2)c1OC. The summed E-state index contributed by atoms with van der Waals surface area (Å²) in [6, 6.07) is 2.27. The van der Waals surface area contributed by atoms with E-state index in [1.54, 1.807) is 0 Å². The molecule has 2 N–H and O–H groups in total. The molecule has 0 heterocycles. The summed E-state index contributed by atoms with van der Waals surface area (Å²) in [4.78, 5) is 47.9. The van der Waals surface area contributed by atoms with Crippen LogP contribution in [0.5, 0.6) is 11.5 Å². The molecule has 1 saturated carbocycles. The summed E-state index contributed by atoms with van der Waals surface area (Å²) in [7, 11) is 2.69. The van der Waals surface area contributed by atoms with E-state index in [0.29, 0.717) is 6.29 Å². The summed E-state index contributed by atoms with van der Waals surface area (Å²) in [5.74, 6) is -1.48. The van der Waals surface area contributed by atoms with Gasteiger partial charge in [-0.15, -0.1) is 0 Å². The maximum Gasteiger partial charge on any atom is 0.343 e. The number of imide groups is 1. The number of nitrogens with one attached hydrogen (secondary N) is 2. The van der Waals surface area contributed by atoms with E-state index in [-0.39, 0.29) is 28.7 Å². The zero-order valence-electron chi connectivity index (χ0n) is 16.1. The van der Waals surface area contributed by atoms with Gasteiger partial charge in [-0.1, -0.05) is 12.8 Å². The van der Waals surface area contributed by atoms with Crippen molar-refractivity contribution >= 4 is 24.2 Å². The number of urea groups is 1. The van der Waals surface area contributed by atoms with E-state index in [9.17, 15) is 19.2 Å². The number of hydrogen-bond donors (Lipinski definition) is 2. The highest BCUT2D eigenvalue weighted by Crippen LogP contribution is 2.33. The molecule has 28 heavy (non-hydrogen) atoms. The van der Waals surface area contributed by atoms with E-state index in [1.165, 1.54) is 33.3 Å². The lowest BCUT2D eigenvalue weighted by Gasteiger charge is -2.17. The number of rotatable bonds is 7. The molecule has 1 aromatic rings. The molecular weight excluding hydrogens is 368 g/mol. The number of carbonyl (C=O) groups excluding carboxylic acids is 4. The van der Waals surface area contributed by atoms with Gasteiger partial charge < -0.3 is 19.5 Å². The van der Waals surface area contributed by atoms with Crippen LogP contribution < -0.4 is 20.1 Å². The minimum Gasteiger partial charge on any atom is -0.493 e. The van der Waals surface area contributed by atoms with Gasteiger partial charge >= 0.3 is 12.0 Å². The van der Waals surface area contributed by atoms with Crippen LogP contribution in [0.2, 0.25) is 0 Å². The Hall–Kier alpha value is -3.10. The molecule has 1 atom stereocenters. The Morgan fingerprint density at radius 2 is 1.82 bits per heavy atom. The highest BCUT2D eigenvalue weighted by atomic mass is 16.6. The zero-order valence-corrected chi connectivity index (χ0v) is 16.1. The fraction of sp³-hybridized carbons (Fsp3) is 0.474. The van der Waals surface area contributed by atoms with Crippen molar-refractivity contribution in [3.8, 4) is 11.5 Å². The molecule has 0 aliphatic heterocycles. The number of aldehydes is 1. The normalized spacial score (nSPS) is 14.7. The minimum atomic E-state index is -1.27. The van der Waals surface area contributed by atoms with Crippen LogP contribution in [0.15, 0.2) is 12.1 Å². The maximum atomic E-state index is 12.6. The summed E-state index contributed by atoms with van der Waals surface area (Å²) < 4.78 is 15.4. The fourth-order valence-corrected chi connectivity index (χ4v) is 3.03. The Bertz CT molecular complexity index is 757. The summed E-state index contributed by atoms with van der Waals surface area (Å²) in [6.07, 6.45) is 3.02. The van der Waals surface area contributed by atoms with E-state index in [4.69, 9.17) is 14.2 Å². The summed E-state index contributed by atoms with van der Waals surface area (Å²) in [5.41, 5.74) is -0.138. The third kappa shape index (κ3) is 4.99. The summed E-state index contributed by atoms with van der Waals surface area (Å²) in [5, 5.41) is 4.86. The molecule has 1 fully saturated rings. The molecule has 0 spiro atoms. The van der Waals surface area contributed by atoms with Crippen LogP contribution in [0, 0.1) is 0 Å². The lowest BCUT2D eigenvalue weighted by Crippen LogP contribution is -2.47. The van der Waals surface area contributed by atoms with Crippen LogP contribution in [0.3, 0.4) is 0 Å². The second-order valence-electron chi connectivity index (χ2n) is 6.37. The Balaban J connectivity index is 2.05. The van der Waals surface area contributed by atoms with Crippen LogP contribution in [0.4, 0.5) is 4.79 Å². The predicted molar refractivity (Wildman–Crippen MR) is 98.7 cm³/mol. The van der Waals surface area contributed by atoms with Crippen LogP contribution in [0.1, 0.15) is 53.3 Å². The largest absolute Gasteiger partial charge is 0.493 e. The molecule has 152 valence electrons. The average Bonchev–Trinajstić information content (AvgIpc) is 3.18. The van der Waals surface area contributed by atoms with Gasteiger partial charge in [0.05, 0.1) is 14.2 Å². The first-order valence-electron chi connectivity index (χ1n) is 8.93. The summed E-state index contributed by atoms with van der Waals surface area (Å²) in [6.45, 7) is 1.32. The summed E-state index contributed by atoms with van der Waals surface area (Å²) >= 11 is 0. The van der Waals surface area contributed by atoms with Crippen LogP contribution in [0.25, 0.3) is 0 Å². The van der Waals surface area contributed by atoms with Crippen LogP contribution >= 0.6 is 0 Å². The molecule has 1 aromatic carbocycles. The average molecular weight is 392 g/mol. The van der Waals surface area contributed by atoms with Crippen molar-refractivity contribution in [3.05, 3.63) is 23.3 Å². The molecule has 2 rings (SSSR count). The number of ether oxygens (including phenoxy) is 3. The van der Waals surface area contributed by atoms with Gasteiger partial charge in [-0.3, -0.25) is 14.9 Å². The number of methoxy groups -OCH3 is 2. The molecule has 3 amide bonds. The standard InChI is InChI=1S/C19H24N2O7/c1-11(17(23)21-19(25)20-13-6-4-5-7-13)28-18(24)15-12(10-22)8-9-14(26-2)16(15)27-3/h8-11,13H,4-7H2,1-3H3,(H2,20,21,23,25)/t11-/m1/s1. The number of esters is 1. The number of amides is 3. The van der Waals surface area contributed by atoms with Crippen molar-refractivity contribution in [2.24, 2.45) is 0 Å². The van der Waals surface area contributed by atoms with Gasteiger partial charge in [-0.25, -0.2) is 9.59 Å². The quantitative estimate of drug-likeness (QED) is 0.536. The lowest BCUT2D eigenvalue weighted by molar-refractivity contribution is -0.127. The predicted octanol–water partition coefficient (Wildman–Crippen LogP) is 1.83. The van der Waals surface area contributed by atoms with Gasteiger partial charge in [-0.2, -0.15) is 0 Å². The van der Waals surface area contributed by atoms with Crippen LogP contribution in [-0.2, 0) is 9.53 Å². The third-order valence-electron chi connectivity index (χ3n) is 4.49. The van der Waals surface area contributed by atoms with Gasteiger partial charge in [0.25, 0.3) is 5.91 Å². The second kappa shape index (κ2) is 9.72. The van der Waals surface area contributed by atoms with E-state index >= 15 is 0 Å². The molecule has 0 unspecified atom stereocenters. The maximum absolute atomic E-state index is 12.6. The topological polar surface area (TPSA) is 120 Å². The second-order valence-corrected chi connectivity index (χ2v) is 6.37. The number of benzene rings is 1. The van der Waals surface area contributed by atoms with E-state index < -0.39 is 24.0 Å². The fourth-order valence-electron chi connectivity index (χ4n) is 3.03. The Kier molecular flexibility index (Phi) is 7.36. The minimum absolute atomic E-state index is 0.0173. The van der Waals surface area contributed by atoms with Crippen molar-refractivity contribution in [3.63, 3.8) is 0 Å². The smallest absolute Gasteiger partial charge is 0.343 e. The van der Waals surface area contributed by atoms with Gasteiger partial charge in [0.2, 0.25) is 0 Å². The highest BCUT2D eigenvalue weighted by molar-refractivity contribution is 6.03. The first kappa shape index (κ1) is 21.2. The Labute approximate surface area is 162 Å². The van der Waals surface area contributed by atoms with Gasteiger partial charge in [0, 0.05) is 11.6 Å². The Morgan fingerprint density at radius 1 is 1.14 bits per heavy atom. The third-order valence-corrected chi connectivity index (χ3v) is 4.49. The first-order valence-corrected chi connectivity index (χ1v) is 8.93. The van der Waals surface area contributed by atoms with Crippen molar-refractivity contribution < 1.29 is 33.4 Å². The monoisotopic (exact) mass is 392 g/mol. The van der Waals surface area contributed by atoms with Crippen molar-refractivity contribution in [1.82, 2.24) is 10.6 Å². The van der Waals surface area contributed by atoms with Crippen molar-refractivity contribution in [2.45, 2.75) is 44.8 Å². The van der Waals surface area contributed by atoms with E-state index in [2.05, 4.69) is 10.6 Å². The van der Waals surface area contributed by atoms with Gasteiger partial charge in [0.1, 0.15) is 5.56 Å². The molecule has 0 aromatic heterocycles. The van der Waals surface area contributed by atoms with E-state index in [1.807, 2.05) is 0 Å². The zero-order chi connectivity index (χ0) is 20.7. The first-order chi connectivity index (χ1) is 13.4. The number of hydrogen-bond acceptors (Lipinski definition) is 7. The molecule has 9 nitrogen and oxygen atoms in total. The van der Waals surface area contributed by atoms with Crippen LogP contribution in [-0.4, -0.2) is 50.6 Å². The molecule has 1 aliphatic rings.